The van der Waals surface area contributed by atoms with Gasteiger partial charge in [0, 0.05) is 0 Å². The van der Waals surface area contributed by atoms with Crippen LogP contribution in [0.1, 0.15) is 11.1 Å². The molecule has 0 bridgehead atoms. The summed E-state index contributed by atoms with van der Waals surface area (Å²) >= 11 is 0. The number of hydrogen-bond donors (Lipinski definition) is 0. The van der Waals surface area contributed by atoms with Gasteiger partial charge < -0.3 is 14.4 Å². The maximum Gasteiger partial charge on any atom is 2.00 e. The molecule has 0 fully saturated rings. The Kier molecular flexibility index (Phi) is 22.7. The van der Waals surface area contributed by atoms with Crippen molar-refractivity contribution in [2.45, 2.75) is 0 Å². The molecule has 2 rings (SSSR count). The predicted octanol–water partition coefficient (Wildman–Crippen LogP) is 3.30. The monoisotopic (exact) mass is 322 g/mol. The van der Waals surface area contributed by atoms with E-state index in [0.29, 0.717) is 0 Å². The van der Waals surface area contributed by atoms with Gasteiger partial charge in [-0.15, -0.1) is 0 Å². The first-order valence-corrected chi connectivity index (χ1v) is 5.60. The van der Waals surface area contributed by atoms with E-state index in [1.807, 2.05) is 56.8 Å². The molecule has 2 aromatic rings. The first kappa shape index (κ1) is 23.8. The van der Waals surface area contributed by atoms with Crippen molar-refractivity contribution in [3.8, 4) is 0 Å². The van der Waals surface area contributed by atoms with Gasteiger partial charge in [-0.25, -0.2) is 0 Å². The van der Waals surface area contributed by atoms with Gasteiger partial charge in [0.2, 0.25) is 0 Å². The fraction of sp³-hybridized carbons (Fsp3) is 0. The zero-order valence-corrected chi connectivity index (χ0v) is 13.0. The summed E-state index contributed by atoms with van der Waals surface area (Å²) in [5, 5.41) is 0. The largest absolute Gasteiger partial charge is 2.00 e. The van der Waals surface area contributed by atoms with E-state index in [1.165, 1.54) is 11.1 Å². The second kappa shape index (κ2) is 20.0. The van der Waals surface area contributed by atoms with Crippen LogP contribution in [0.5, 0.6) is 0 Å². The van der Waals surface area contributed by atoms with Crippen molar-refractivity contribution in [2.75, 3.05) is 0 Å². The predicted molar refractivity (Wildman–Crippen MR) is 83.2 cm³/mol. The third kappa shape index (κ3) is 12.5. The normalized spacial score (nSPS) is 7.62. The Morgan fingerprint density at radius 2 is 0.762 bits per heavy atom. The van der Waals surface area contributed by atoms with Crippen LogP contribution in [0.2, 0.25) is 0 Å². The van der Waals surface area contributed by atoms with Gasteiger partial charge in [-0.3, -0.25) is 0 Å². The molecule has 0 heterocycles. The average molecular weight is 322 g/mol. The van der Waals surface area contributed by atoms with Gasteiger partial charge in [-0.05, 0) is 11.1 Å². The van der Waals surface area contributed by atoms with Crippen LogP contribution in [0.15, 0.2) is 60.7 Å². The van der Waals surface area contributed by atoms with Crippen LogP contribution in [0, 0.1) is 0 Å². The SMILES string of the molecule is C(=C\c1ccccc1)/c1ccccc1.C=O.C=O.C=O.[Cr+2]. The maximum absolute atomic E-state index is 8.00. The molecule has 0 spiro atoms. The fourth-order valence-electron chi connectivity index (χ4n) is 1.32. The molecule has 21 heavy (non-hydrogen) atoms. The Morgan fingerprint density at radius 1 is 0.524 bits per heavy atom. The zero-order valence-electron chi connectivity index (χ0n) is 11.7. The first-order valence-electron chi connectivity index (χ1n) is 5.60. The van der Waals surface area contributed by atoms with Crippen molar-refractivity contribution >= 4 is 32.5 Å². The molecule has 0 aliphatic carbocycles. The summed E-state index contributed by atoms with van der Waals surface area (Å²) in [6.45, 7) is 6.00. The molecule has 0 amide bonds. The minimum atomic E-state index is 0. The van der Waals surface area contributed by atoms with E-state index in [-0.39, 0.29) is 17.4 Å². The first-order chi connectivity index (χ1) is 9.95. The van der Waals surface area contributed by atoms with Crippen LogP contribution in [0.4, 0.5) is 0 Å². The second-order valence-corrected chi connectivity index (χ2v) is 3.15. The van der Waals surface area contributed by atoms with Crippen LogP contribution in [-0.4, -0.2) is 20.4 Å². The molecular formula is C17H18CrO3+2. The molecule has 0 saturated heterocycles. The molecule has 2 aromatic carbocycles. The zero-order chi connectivity index (χ0) is 15.6. The third-order valence-electron chi connectivity index (χ3n) is 2.07. The van der Waals surface area contributed by atoms with Crippen LogP contribution in [-0.2, 0) is 31.7 Å². The van der Waals surface area contributed by atoms with E-state index in [1.54, 1.807) is 0 Å². The molecule has 0 radical (unpaired) electrons. The van der Waals surface area contributed by atoms with E-state index in [4.69, 9.17) is 14.4 Å². The smallest absolute Gasteiger partial charge is 0.307 e. The van der Waals surface area contributed by atoms with Gasteiger partial charge in [-0.1, -0.05) is 72.8 Å². The molecule has 0 aromatic heterocycles. The van der Waals surface area contributed by atoms with E-state index in [9.17, 15) is 0 Å². The van der Waals surface area contributed by atoms with E-state index >= 15 is 0 Å². The van der Waals surface area contributed by atoms with E-state index in [2.05, 4.69) is 36.4 Å². The number of hydrogen-bond acceptors (Lipinski definition) is 3. The van der Waals surface area contributed by atoms with Crippen LogP contribution in [0.25, 0.3) is 12.2 Å². The number of carbonyl (C=O) groups is 3. The summed E-state index contributed by atoms with van der Waals surface area (Å²) < 4.78 is 0. The van der Waals surface area contributed by atoms with Crippen molar-refractivity contribution in [3.63, 3.8) is 0 Å². The molecular weight excluding hydrogens is 304 g/mol. The van der Waals surface area contributed by atoms with Gasteiger partial charge >= 0.3 is 17.4 Å². The number of rotatable bonds is 2. The Hall–Kier alpha value is -2.28. The summed E-state index contributed by atoms with van der Waals surface area (Å²) in [6.07, 6.45) is 4.24. The standard InChI is InChI=1S/C14H12.3CH2O.Cr/c1-3-7-13(8-4-1)11-12-14-9-5-2-6-10-14;3*1-2;/h1-12H;3*1H2;/q;;;;+2/b12-11+;;;;. The summed E-state index contributed by atoms with van der Waals surface area (Å²) in [4.78, 5) is 24.0. The molecule has 3 nitrogen and oxygen atoms in total. The van der Waals surface area contributed by atoms with Gasteiger partial charge in [-0.2, -0.15) is 0 Å². The maximum atomic E-state index is 8.00. The minimum Gasteiger partial charge on any atom is -0.307 e. The van der Waals surface area contributed by atoms with Gasteiger partial charge in [0.1, 0.15) is 20.4 Å². The Bertz CT molecular complexity index is 412. The summed E-state index contributed by atoms with van der Waals surface area (Å²) in [5.41, 5.74) is 2.47. The molecule has 0 unspecified atom stereocenters. The number of carbonyl (C=O) groups excluding carboxylic acids is 3. The minimum absolute atomic E-state index is 0. The van der Waals surface area contributed by atoms with Crippen molar-refractivity contribution in [1.29, 1.82) is 0 Å². The molecule has 0 N–H and O–H groups in total. The summed E-state index contributed by atoms with van der Waals surface area (Å²) in [6, 6.07) is 20.6. The molecule has 0 saturated carbocycles. The Morgan fingerprint density at radius 3 is 1.00 bits per heavy atom. The summed E-state index contributed by atoms with van der Waals surface area (Å²) in [7, 11) is 0. The molecule has 4 heteroatoms. The van der Waals surface area contributed by atoms with Crippen molar-refractivity contribution in [3.05, 3.63) is 71.8 Å². The van der Waals surface area contributed by atoms with Crippen molar-refractivity contribution in [2.24, 2.45) is 0 Å². The Labute approximate surface area is 136 Å². The van der Waals surface area contributed by atoms with Crippen LogP contribution in [0.3, 0.4) is 0 Å². The van der Waals surface area contributed by atoms with Gasteiger partial charge in [0.25, 0.3) is 0 Å². The van der Waals surface area contributed by atoms with Crippen molar-refractivity contribution < 1.29 is 31.7 Å². The molecule has 108 valence electrons. The average Bonchev–Trinajstić information content (AvgIpc) is 2.60. The molecule has 0 aliphatic heterocycles. The van der Waals surface area contributed by atoms with Gasteiger partial charge in [0.15, 0.2) is 0 Å². The topological polar surface area (TPSA) is 51.2 Å². The van der Waals surface area contributed by atoms with Gasteiger partial charge in [0.05, 0.1) is 0 Å². The fourth-order valence-corrected chi connectivity index (χ4v) is 1.32. The third-order valence-corrected chi connectivity index (χ3v) is 2.07. The molecule has 0 aliphatic rings. The number of benzene rings is 2. The van der Waals surface area contributed by atoms with E-state index < -0.39 is 0 Å². The Balaban J connectivity index is -0.000000414. The van der Waals surface area contributed by atoms with Crippen LogP contribution >= 0.6 is 0 Å². The second-order valence-electron chi connectivity index (χ2n) is 3.15. The summed E-state index contributed by atoms with van der Waals surface area (Å²) in [5.74, 6) is 0. The molecule has 0 atom stereocenters. The quantitative estimate of drug-likeness (QED) is 0.797. The van der Waals surface area contributed by atoms with E-state index in [0.717, 1.165) is 0 Å². The van der Waals surface area contributed by atoms with Crippen molar-refractivity contribution in [1.82, 2.24) is 0 Å². The van der Waals surface area contributed by atoms with Crippen LogP contribution < -0.4 is 0 Å².